The molecule has 0 spiro atoms. The van der Waals surface area contributed by atoms with Crippen molar-refractivity contribution in [3.05, 3.63) is 42.5 Å². The van der Waals surface area contributed by atoms with E-state index in [1.54, 1.807) is 25.1 Å². The lowest BCUT2D eigenvalue weighted by Crippen LogP contribution is -2.32. The summed E-state index contributed by atoms with van der Waals surface area (Å²) in [4.78, 5) is 11.6. The van der Waals surface area contributed by atoms with Crippen LogP contribution in [-0.4, -0.2) is 24.7 Å². The number of amides is 1. The largest absolute Gasteiger partial charge is 0.325 e. The van der Waals surface area contributed by atoms with E-state index in [0.717, 1.165) is 12.1 Å². The molecule has 1 aromatic carbocycles. The summed E-state index contributed by atoms with van der Waals surface area (Å²) in [5, 5.41) is 5.90. The molecule has 0 bridgehead atoms. The Balaban J connectivity index is 1.88. The number of hydrogen-bond donors (Lipinski definition) is 3. The van der Waals surface area contributed by atoms with Crippen LogP contribution in [0, 0.1) is 5.92 Å². The molecule has 1 unspecified atom stereocenters. The van der Waals surface area contributed by atoms with Crippen molar-refractivity contribution in [1.29, 1.82) is 0 Å². The number of anilines is 1. The Kier molecular flexibility index (Phi) is 8.04. The van der Waals surface area contributed by atoms with Crippen molar-refractivity contribution in [2.24, 2.45) is 11.7 Å². The fourth-order valence-corrected chi connectivity index (χ4v) is 4.33. The van der Waals surface area contributed by atoms with Crippen molar-refractivity contribution in [3.63, 3.8) is 0 Å². The first kappa shape index (κ1) is 20.8. The fourth-order valence-electron chi connectivity index (χ4n) is 2.53. The summed E-state index contributed by atoms with van der Waals surface area (Å²) in [5.74, 6) is 0.381. The van der Waals surface area contributed by atoms with Gasteiger partial charge < -0.3 is 15.6 Å². The van der Waals surface area contributed by atoms with Gasteiger partial charge in [-0.25, -0.2) is 5.09 Å². The minimum atomic E-state index is -2.89. The van der Waals surface area contributed by atoms with E-state index in [1.165, 1.54) is 19.3 Å². The number of nitrogens with one attached hydrogen (secondary N) is 2. The molecule has 7 heteroatoms. The maximum atomic E-state index is 13.0. The van der Waals surface area contributed by atoms with Crippen LogP contribution in [0.3, 0.4) is 0 Å². The molecule has 0 aromatic heterocycles. The molecule has 4 N–H and O–H groups in total. The molecule has 1 saturated carbocycles. The van der Waals surface area contributed by atoms with E-state index in [0.29, 0.717) is 24.2 Å². The van der Waals surface area contributed by atoms with Crippen LogP contribution < -0.4 is 16.1 Å². The van der Waals surface area contributed by atoms with Gasteiger partial charge in [0.1, 0.15) is 0 Å². The highest BCUT2D eigenvalue weighted by molar-refractivity contribution is 7.56. The third-order valence-corrected chi connectivity index (χ3v) is 6.61. The third-order valence-electron chi connectivity index (χ3n) is 4.55. The smallest absolute Gasteiger partial charge is 0.270 e. The summed E-state index contributed by atoms with van der Waals surface area (Å²) in [6.07, 6.45) is 6.52. The lowest BCUT2D eigenvalue weighted by Gasteiger charge is -2.28. The van der Waals surface area contributed by atoms with Gasteiger partial charge in [0, 0.05) is 18.4 Å². The third kappa shape index (κ3) is 6.69. The van der Waals surface area contributed by atoms with E-state index >= 15 is 0 Å². The van der Waals surface area contributed by atoms with Gasteiger partial charge in [0.05, 0.1) is 12.6 Å². The molecule has 2 atom stereocenters. The van der Waals surface area contributed by atoms with Crippen molar-refractivity contribution in [2.45, 2.75) is 45.3 Å². The number of carbonyl (C=O) groups excluding carboxylic acids is 1. The maximum absolute atomic E-state index is 13.0. The van der Waals surface area contributed by atoms with Crippen LogP contribution in [0.4, 0.5) is 5.69 Å². The Labute approximate surface area is 156 Å². The highest BCUT2D eigenvalue weighted by atomic mass is 31.2. The number of hydrogen-bond acceptors (Lipinski definition) is 4. The Morgan fingerprint density at radius 1 is 1.42 bits per heavy atom. The minimum absolute atomic E-state index is 0.233. The average Bonchev–Trinajstić information content (AvgIpc) is 2.58. The molecule has 1 amide bonds. The highest BCUT2D eigenvalue weighted by Gasteiger charge is 2.25. The zero-order valence-electron chi connectivity index (χ0n) is 15.4. The van der Waals surface area contributed by atoms with E-state index in [9.17, 15) is 9.36 Å². The van der Waals surface area contributed by atoms with Gasteiger partial charge in [0.2, 0.25) is 5.91 Å². The molecule has 0 aliphatic heterocycles. The number of carbonyl (C=O) groups is 1. The molecule has 1 fully saturated rings. The lowest BCUT2D eigenvalue weighted by atomic mass is 9.86. The number of rotatable bonds is 11. The Bertz CT molecular complexity index is 642. The summed E-state index contributed by atoms with van der Waals surface area (Å²) in [6.45, 7) is 6.34. The SMILES string of the molecule is C=CCCP(=O)(NCC1CCC1)OCc1ccc(NC(=O)[C@H](C)N)cc1. The molecule has 1 aliphatic carbocycles. The molecule has 2 rings (SSSR count). The molecule has 0 radical (unpaired) electrons. The molecule has 6 nitrogen and oxygen atoms in total. The standard InChI is InChI=1S/C19H30N3O3P/c1-3-4-12-26(24,21-13-16-6-5-7-16)25-14-17-8-10-18(11-9-17)22-19(23)15(2)20/h3,8-11,15-16H,1,4-7,12-14,20H2,2H3,(H,21,24)(H,22,23)/t15-,26?/m0/s1. The zero-order valence-corrected chi connectivity index (χ0v) is 16.3. The van der Waals surface area contributed by atoms with Crippen molar-refractivity contribution >= 4 is 19.1 Å². The van der Waals surface area contributed by atoms with Crippen LogP contribution in [0.25, 0.3) is 0 Å². The van der Waals surface area contributed by atoms with Gasteiger partial charge in [-0.15, -0.1) is 6.58 Å². The lowest BCUT2D eigenvalue weighted by molar-refractivity contribution is -0.117. The van der Waals surface area contributed by atoms with Crippen LogP contribution >= 0.6 is 7.52 Å². The first-order chi connectivity index (χ1) is 12.4. The van der Waals surface area contributed by atoms with Crippen molar-refractivity contribution in [3.8, 4) is 0 Å². The van der Waals surface area contributed by atoms with Crippen molar-refractivity contribution in [2.75, 3.05) is 18.0 Å². The fraction of sp³-hybridized carbons (Fsp3) is 0.526. The molecule has 0 saturated heterocycles. The maximum Gasteiger partial charge on any atom is 0.270 e. The van der Waals surface area contributed by atoms with Crippen LogP contribution in [0.1, 0.15) is 38.2 Å². The van der Waals surface area contributed by atoms with E-state index in [4.69, 9.17) is 10.3 Å². The van der Waals surface area contributed by atoms with Crippen LogP contribution in [0.5, 0.6) is 0 Å². The average molecular weight is 379 g/mol. The second-order valence-electron chi connectivity index (χ2n) is 6.88. The number of benzene rings is 1. The van der Waals surface area contributed by atoms with Crippen molar-refractivity contribution < 1.29 is 13.9 Å². The molecule has 0 heterocycles. The summed E-state index contributed by atoms with van der Waals surface area (Å²) < 4.78 is 18.8. The molecular formula is C19H30N3O3P. The summed E-state index contributed by atoms with van der Waals surface area (Å²) >= 11 is 0. The quantitative estimate of drug-likeness (QED) is 0.403. The van der Waals surface area contributed by atoms with Gasteiger partial charge in [-0.2, -0.15) is 0 Å². The predicted octanol–water partition coefficient (Wildman–Crippen LogP) is 3.65. The van der Waals surface area contributed by atoms with E-state index in [1.807, 2.05) is 12.1 Å². The van der Waals surface area contributed by atoms with E-state index in [2.05, 4.69) is 17.0 Å². The Morgan fingerprint density at radius 2 is 2.12 bits per heavy atom. The molecule has 144 valence electrons. The molecule has 26 heavy (non-hydrogen) atoms. The Morgan fingerprint density at radius 3 is 2.65 bits per heavy atom. The van der Waals surface area contributed by atoms with Gasteiger partial charge in [0.15, 0.2) is 0 Å². The van der Waals surface area contributed by atoms with Gasteiger partial charge >= 0.3 is 0 Å². The second kappa shape index (κ2) is 10.0. The topological polar surface area (TPSA) is 93.5 Å². The van der Waals surface area contributed by atoms with Crippen molar-refractivity contribution in [1.82, 2.24) is 5.09 Å². The molecular weight excluding hydrogens is 349 g/mol. The second-order valence-corrected chi connectivity index (χ2v) is 9.25. The van der Waals surface area contributed by atoms with Gasteiger partial charge in [0.25, 0.3) is 7.52 Å². The van der Waals surface area contributed by atoms with Gasteiger partial charge in [-0.3, -0.25) is 9.36 Å². The number of allylic oxidation sites excluding steroid dienone is 1. The van der Waals surface area contributed by atoms with Gasteiger partial charge in [-0.05, 0) is 49.8 Å². The molecule has 1 aliphatic rings. The first-order valence-corrected chi connectivity index (χ1v) is 11.0. The van der Waals surface area contributed by atoms with E-state index < -0.39 is 13.6 Å². The summed E-state index contributed by atoms with van der Waals surface area (Å²) in [6, 6.07) is 6.71. The predicted molar refractivity (Wildman–Crippen MR) is 106 cm³/mol. The summed E-state index contributed by atoms with van der Waals surface area (Å²) in [7, 11) is -2.89. The van der Waals surface area contributed by atoms with Crippen LogP contribution in [-0.2, 0) is 20.5 Å². The summed E-state index contributed by atoms with van der Waals surface area (Å²) in [5.41, 5.74) is 7.11. The monoisotopic (exact) mass is 379 g/mol. The van der Waals surface area contributed by atoms with Crippen LogP contribution in [0.2, 0.25) is 0 Å². The number of nitrogens with two attached hydrogens (primary N) is 1. The normalized spacial score (nSPS) is 17.8. The van der Waals surface area contributed by atoms with E-state index in [-0.39, 0.29) is 12.5 Å². The zero-order chi connectivity index (χ0) is 19.0. The highest BCUT2D eigenvalue weighted by Crippen LogP contribution is 2.45. The minimum Gasteiger partial charge on any atom is -0.325 e. The van der Waals surface area contributed by atoms with Crippen LogP contribution in [0.15, 0.2) is 36.9 Å². The first-order valence-electron chi connectivity index (χ1n) is 9.17. The molecule has 1 aromatic rings. The van der Waals surface area contributed by atoms with Gasteiger partial charge in [-0.1, -0.05) is 24.6 Å². The Hall–Kier alpha value is -1.46.